The molecule has 0 saturated carbocycles. The largest absolute Gasteiger partial charge is 0.507 e. The zero-order valence-corrected chi connectivity index (χ0v) is 22.8. The summed E-state index contributed by atoms with van der Waals surface area (Å²) in [6, 6.07) is 10.1. The number of phenols is 2. The van der Waals surface area contributed by atoms with Gasteiger partial charge in [0.05, 0.1) is 11.1 Å². The summed E-state index contributed by atoms with van der Waals surface area (Å²) in [6.07, 6.45) is 8.65. The molecular formula is C30H44N2O4. The summed E-state index contributed by atoms with van der Waals surface area (Å²) in [7, 11) is 0. The molecule has 0 bridgehead atoms. The number of hydrogen-bond donors (Lipinski definition) is 4. The molecule has 0 atom stereocenters. The Balaban J connectivity index is 2.14. The molecule has 6 heteroatoms. The Morgan fingerprint density at radius 1 is 0.667 bits per heavy atom. The van der Waals surface area contributed by atoms with Gasteiger partial charge < -0.3 is 10.2 Å². The fraction of sp³-hybridized carbons (Fsp3) is 0.533. The van der Waals surface area contributed by atoms with Crippen molar-refractivity contribution in [2.75, 3.05) is 0 Å². The highest BCUT2D eigenvalue weighted by Gasteiger charge is 2.25. The van der Waals surface area contributed by atoms with Crippen molar-refractivity contribution in [3.63, 3.8) is 0 Å². The van der Waals surface area contributed by atoms with E-state index in [1.165, 1.54) is 12.1 Å². The second-order valence-corrected chi connectivity index (χ2v) is 11.1. The lowest BCUT2D eigenvalue weighted by molar-refractivity contribution is 0.0843. The minimum atomic E-state index is -0.623. The molecule has 2 aromatic rings. The molecule has 2 aromatic carbocycles. The lowest BCUT2D eigenvalue weighted by Crippen LogP contribution is -2.41. The number of hydrogen-bond acceptors (Lipinski definition) is 4. The highest BCUT2D eigenvalue weighted by atomic mass is 16.3. The molecule has 0 aliphatic carbocycles. The minimum absolute atomic E-state index is 0.0893. The van der Waals surface area contributed by atoms with Gasteiger partial charge in [-0.15, -0.1) is 0 Å². The first-order chi connectivity index (χ1) is 16.9. The quantitative estimate of drug-likeness (QED) is 0.190. The Kier molecular flexibility index (Phi) is 10.4. The van der Waals surface area contributed by atoms with Gasteiger partial charge in [-0.1, -0.05) is 92.2 Å². The number of phenolic OH excluding ortho intramolecular Hbond substituents is 2. The zero-order chi connectivity index (χ0) is 26.9. The fourth-order valence-electron chi connectivity index (χ4n) is 4.45. The summed E-state index contributed by atoms with van der Waals surface area (Å²) < 4.78 is 0. The molecule has 4 N–H and O–H groups in total. The van der Waals surface area contributed by atoms with Crippen molar-refractivity contribution in [3.8, 4) is 11.5 Å². The van der Waals surface area contributed by atoms with E-state index in [2.05, 4.69) is 52.4 Å². The normalized spacial score (nSPS) is 11.8. The van der Waals surface area contributed by atoms with Crippen molar-refractivity contribution in [2.45, 2.75) is 104 Å². The van der Waals surface area contributed by atoms with Crippen LogP contribution in [-0.2, 0) is 10.8 Å². The number of nitrogens with one attached hydrogen (secondary N) is 2. The summed E-state index contributed by atoms with van der Waals surface area (Å²) in [5.41, 5.74) is 6.54. The van der Waals surface area contributed by atoms with Crippen LogP contribution >= 0.6 is 0 Å². The highest BCUT2D eigenvalue weighted by molar-refractivity contribution is 6.01. The third kappa shape index (κ3) is 7.74. The number of carbonyl (C=O) groups excluding carboxylic acids is 2. The fourth-order valence-corrected chi connectivity index (χ4v) is 4.45. The van der Waals surface area contributed by atoms with Gasteiger partial charge in [0, 0.05) is 0 Å². The first-order valence-corrected chi connectivity index (χ1v) is 13.2. The molecular weight excluding hydrogens is 452 g/mol. The molecule has 6 nitrogen and oxygen atoms in total. The van der Waals surface area contributed by atoms with E-state index in [4.69, 9.17) is 0 Å². The predicted molar refractivity (Wildman–Crippen MR) is 145 cm³/mol. The van der Waals surface area contributed by atoms with E-state index < -0.39 is 11.8 Å². The number of rotatable bonds is 12. The molecule has 0 aromatic heterocycles. The number of amides is 2. The highest BCUT2D eigenvalue weighted by Crippen LogP contribution is 2.33. The Morgan fingerprint density at radius 2 is 1.03 bits per heavy atom. The van der Waals surface area contributed by atoms with Gasteiger partial charge in [0.1, 0.15) is 11.5 Å². The Bertz CT molecular complexity index is 960. The van der Waals surface area contributed by atoms with Crippen molar-refractivity contribution in [3.05, 3.63) is 58.7 Å². The lowest BCUT2D eigenvalue weighted by atomic mass is 9.79. The maximum atomic E-state index is 12.9. The van der Waals surface area contributed by atoms with E-state index >= 15 is 0 Å². The molecule has 36 heavy (non-hydrogen) atoms. The Hall–Kier alpha value is -3.02. The minimum Gasteiger partial charge on any atom is -0.507 e. The van der Waals surface area contributed by atoms with Crippen LogP contribution in [0.15, 0.2) is 36.4 Å². The van der Waals surface area contributed by atoms with Gasteiger partial charge in [-0.2, -0.15) is 0 Å². The second kappa shape index (κ2) is 12.8. The number of aromatic hydroxyl groups is 2. The standard InChI is InChI=1S/C30H44N2O4/c1-7-9-11-17-29(3,4)21-13-15-25(33)23(19-21)27(35)31-32-28(36)24-20-22(14-16-26(24)34)30(5,6)18-12-10-8-2/h13-16,19-20,33-34H,7-12,17-18H2,1-6H3,(H,31,35)(H,32,36). The van der Waals surface area contributed by atoms with E-state index in [-0.39, 0.29) is 33.5 Å². The van der Waals surface area contributed by atoms with E-state index in [1.54, 1.807) is 12.1 Å². The van der Waals surface area contributed by atoms with E-state index in [1.807, 2.05) is 12.1 Å². The smallest absolute Gasteiger partial charge is 0.273 e. The van der Waals surface area contributed by atoms with E-state index in [0.29, 0.717) is 0 Å². The molecule has 0 spiro atoms. The molecule has 2 amide bonds. The van der Waals surface area contributed by atoms with Crippen molar-refractivity contribution >= 4 is 11.8 Å². The molecule has 0 fully saturated rings. The first-order valence-electron chi connectivity index (χ1n) is 13.2. The van der Waals surface area contributed by atoms with Crippen LogP contribution in [-0.4, -0.2) is 22.0 Å². The molecule has 0 saturated heterocycles. The van der Waals surface area contributed by atoms with Crippen LogP contribution in [0.5, 0.6) is 11.5 Å². The van der Waals surface area contributed by atoms with Gasteiger partial charge >= 0.3 is 0 Å². The zero-order valence-electron chi connectivity index (χ0n) is 22.8. The molecule has 0 aliphatic rings. The van der Waals surface area contributed by atoms with Gasteiger partial charge in [0.2, 0.25) is 0 Å². The third-order valence-electron chi connectivity index (χ3n) is 7.15. The monoisotopic (exact) mass is 496 g/mol. The van der Waals surface area contributed by atoms with Crippen molar-refractivity contribution in [2.24, 2.45) is 0 Å². The van der Waals surface area contributed by atoms with Crippen LogP contribution in [0.1, 0.15) is 125 Å². The maximum absolute atomic E-state index is 12.9. The summed E-state index contributed by atoms with van der Waals surface area (Å²) in [5.74, 6) is -1.56. The van der Waals surface area contributed by atoms with Gasteiger partial charge in [0.15, 0.2) is 0 Å². The maximum Gasteiger partial charge on any atom is 0.273 e. The average Bonchev–Trinajstić information content (AvgIpc) is 2.82. The summed E-state index contributed by atoms with van der Waals surface area (Å²) >= 11 is 0. The summed E-state index contributed by atoms with van der Waals surface area (Å²) in [6.45, 7) is 12.8. The number of benzene rings is 2. The number of carbonyl (C=O) groups is 2. The van der Waals surface area contributed by atoms with Crippen LogP contribution in [0.4, 0.5) is 0 Å². The van der Waals surface area contributed by atoms with Crippen LogP contribution in [0.3, 0.4) is 0 Å². The van der Waals surface area contributed by atoms with Gasteiger partial charge in [-0.3, -0.25) is 20.4 Å². The predicted octanol–water partition coefficient (Wildman–Crippen LogP) is 6.89. The number of unbranched alkanes of at least 4 members (excludes halogenated alkanes) is 4. The van der Waals surface area contributed by atoms with Gasteiger partial charge in [-0.05, 0) is 59.1 Å². The van der Waals surface area contributed by atoms with Crippen molar-refractivity contribution in [1.82, 2.24) is 10.9 Å². The molecule has 0 unspecified atom stereocenters. The van der Waals surface area contributed by atoms with Crippen molar-refractivity contribution < 1.29 is 19.8 Å². The van der Waals surface area contributed by atoms with Crippen molar-refractivity contribution in [1.29, 1.82) is 0 Å². The van der Waals surface area contributed by atoms with Crippen LogP contribution in [0.25, 0.3) is 0 Å². The molecule has 2 rings (SSSR count). The third-order valence-corrected chi connectivity index (χ3v) is 7.15. The van der Waals surface area contributed by atoms with E-state index in [9.17, 15) is 19.8 Å². The van der Waals surface area contributed by atoms with Crippen LogP contribution in [0, 0.1) is 0 Å². The Morgan fingerprint density at radius 3 is 1.36 bits per heavy atom. The van der Waals surface area contributed by atoms with Gasteiger partial charge in [-0.25, -0.2) is 0 Å². The first kappa shape index (κ1) is 29.2. The SMILES string of the molecule is CCCCCC(C)(C)c1ccc(O)c(C(=O)NNC(=O)c2cc(C(C)(C)CCCCC)ccc2O)c1. The Labute approximate surface area is 216 Å². The van der Waals surface area contributed by atoms with Crippen LogP contribution in [0.2, 0.25) is 0 Å². The second-order valence-electron chi connectivity index (χ2n) is 11.1. The lowest BCUT2D eigenvalue weighted by Gasteiger charge is -2.26. The molecule has 0 radical (unpaired) electrons. The summed E-state index contributed by atoms with van der Waals surface area (Å²) in [5, 5.41) is 20.6. The number of hydrazine groups is 1. The molecule has 198 valence electrons. The summed E-state index contributed by atoms with van der Waals surface area (Å²) in [4.78, 5) is 25.7. The van der Waals surface area contributed by atoms with Crippen LogP contribution < -0.4 is 10.9 Å². The molecule has 0 heterocycles. The van der Waals surface area contributed by atoms with E-state index in [0.717, 1.165) is 62.5 Å². The average molecular weight is 497 g/mol. The molecule has 0 aliphatic heterocycles. The van der Waals surface area contributed by atoms with Gasteiger partial charge in [0.25, 0.3) is 11.8 Å². The topological polar surface area (TPSA) is 98.7 Å².